The lowest BCUT2D eigenvalue weighted by Crippen LogP contribution is -2.35. The predicted octanol–water partition coefficient (Wildman–Crippen LogP) is 4.14. The van der Waals surface area contributed by atoms with E-state index in [1.807, 2.05) is 31.2 Å². The molecule has 0 bridgehead atoms. The molecule has 5 nitrogen and oxygen atoms in total. The molecule has 2 N–H and O–H groups in total. The highest BCUT2D eigenvalue weighted by atomic mass is 35.5. The number of nitrogens with one attached hydrogen (secondary N) is 2. The molecule has 3 aromatic rings. The van der Waals surface area contributed by atoms with Crippen molar-refractivity contribution in [1.82, 2.24) is 14.9 Å². The first kappa shape index (κ1) is 16.6. The summed E-state index contributed by atoms with van der Waals surface area (Å²) >= 11 is 6.22. The Bertz CT molecular complexity index is 977. The second-order valence-corrected chi connectivity index (χ2v) is 6.54. The number of aryl methyl sites for hydroxylation is 1. The highest BCUT2D eigenvalue weighted by Crippen LogP contribution is 2.34. The number of halogens is 2. The van der Waals surface area contributed by atoms with Crippen LogP contribution in [0.3, 0.4) is 0 Å². The highest BCUT2D eigenvalue weighted by Gasteiger charge is 2.28. The number of carbonyl (C=O) groups excluding carboxylic acids is 1. The SMILES string of the molecule is Cc1ccc(Nc2nc(-c3c(F)cccc3Cl)n3c2C(=O)NCC3)cc1. The zero-order chi connectivity index (χ0) is 18.3. The molecule has 7 heteroatoms. The Morgan fingerprint density at radius 1 is 1.23 bits per heavy atom. The van der Waals surface area contributed by atoms with Crippen LogP contribution >= 0.6 is 11.6 Å². The summed E-state index contributed by atoms with van der Waals surface area (Å²) < 4.78 is 16.1. The first-order chi connectivity index (χ1) is 12.5. The third kappa shape index (κ3) is 2.82. The number of anilines is 2. The van der Waals surface area contributed by atoms with Crippen molar-refractivity contribution in [2.45, 2.75) is 13.5 Å². The molecule has 0 saturated carbocycles. The molecule has 0 aliphatic carbocycles. The van der Waals surface area contributed by atoms with Crippen LogP contribution in [0.25, 0.3) is 11.4 Å². The van der Waals surface area contributed by atoms with Gasteiger partial charge < -0.3 is 15.2 Å². The lowest BCUT2D eigenvalue weighted by Gasteiger charge is -2.18. The van der Waals surface area contributed by atoms with Crippen molar-refractivity contribution in [2.75, 3.05) is 11.9 Å². The molecular weight excluding hydrogens is 355 g/mol. The molecule has 2 aromatic carbocycles. The summed E-state index contributed by atoms with van der Waals surface area (Å²) in [6, 6.07) is 12.2. The maximum Gasteiger partial charge on any atom is 0.271 e. The van der Waals surface area contributed by atoms with Crippen molar-refractivity contribution in [2.24, 2.45) is 0 Å². The molecular formula is C19H16ClFN4O. The molecule has 0 saturated heterocycles. The Labute approximate surface area is 154 Å². The van der Waals surface area contributed by atoms with Gasteiger partial charge >= 0.3 is 0 Å². The van der Waals surface area contributed by atoms with E-state index in [0.717, 1.165) is 11.3 Å². The molecule has 1 aromatic heterocycles. The van der Waals surface area contributed by atoms with Gasteiger partial charge in [-0.15, -0.1) is 0 Å². The van der Waals surface area contributed by atoms with Crippen LogP contribution in [0.15, 0.2) is 42.5 Å². The Hall–Kier alpha value is -2.86. The van der Waals surface area contributed by atoms with E-state index in [-0.39, 0.29) is 16.5 Å². The van der Waals surface area contributed by atoms with Crippen molar-refractivity contribution in [3.63, 3.8) is 0 Å². The third-order valence-electron chi connectivity index (χ3n) is 4.30. The third-order valence-corrected chi connectivity index (χ3v) is 4.62. The molecule has 1 aliphatic rings. The molecule has 1 aliphatic heterocycles. The molecule has 0 atom stereocenters. The first-order valence-corrected chi connectivity index (χ1v) is 8.59. The molecule has 4 rings (SSSR count). The molecule has 0 unspecified atom stereocenters. The smallest absolute Gasteiger partial charge is 0.271 e. The van der Waals surface area contributed by atoms with Crippen molar-refractivity contribution < 1.29 is 9.18 Å². The summed E-state index contributed by atoms with van der Waals surface area (Å²) in [5.41, 5.74) is 2.48. The van der Waals surface area contributed by atoms with Crippen LogP contribution in [0, 0.1) is 12.7 Å². The van der Waals surface area contributed by atoms with Gasteiger partial charge in [-0.2, -0.15) is 0 Å². The normalized spacial score (nSPS) is 13.3. The fraction of sp³-hybridized carbons (Fsp3) is 0.158. The summed E-state index contributed by atoms with van der Waals surface area (Å²) in [4.78, 5) is 16.9. The topological polar surface area (TPSA) is 59.0 Å². The largest absolute Gasteiger partial charge is 0.349 e. The summed E-state index contributed by atoms with van der Waals surface area (Å²) in [7, 11) is 0. The van der Waals surface area contributed by atoms with Crippen LogP contribution in [0.5, 0.6) is 0 Å². The second kappa shape index (κ2) is 6.46. The fourth-order valence-electron chi connectivity index (χ4n) is 3.03. The van der Waals surface area contributed by atoms with E-state index < -0.39 is 5.82 Å². The fourth-order valence-corrected chi connectivity index (χ4v) is 3.28. The number of aromatic nitrogens is 2. The van der Waals surface area contributed by atoms with E-state index in [1.54, 1.807) is 16.7 Å². The maximum absolute atomic E-state index is 14.4. The second-order valence-electron chi connectivity index (χ2n) is 6.13. The van der Waals surface area contributed by atoms with Crippen LogP contribution in [0.2, 0.25) is 5.02 Å². The van der Waals surface area contributed by atoms with Gasteiger partial charge in [0, 0.05) is 18.8 Å². The monoisotopic (exact) mass is 370 g/mol. The van der Waals surface area contributed by atoms with Gasteiger partial charge in [-0.05, 0) is 31.2 Å². The van der Waals surface area contributed by atoms with Gasteiger partial charge in [0.1, 0.15) is 11.6 Å². The van der Waals surface area contributed by atoms with E-state index in [0.29, 0.717) is 30.4 Å². The predicted molar refractivity (Wildman–Crippen MR) is 99.4 cm³/mol. The van der Waals surface area contributed by atoms with Crippen molar-refractivity contribution in [3.05, 3.63) is 64.6 Å². The van der Waals surface area contributed by atoms with E-state index in [4.69, 9.17) is 11.6 Å². The molecule has 0 spiro atoms. The number of fused-ring (bicyclic) bond motifs is 1. The molecule has 0 radical (unpaired) electrons. The number of rotatable bonds is 3. The number of imidazole rings is 1. The average molecular weight is 371 g/mol. The van der Waals surface area contributed by atoms with Crippen LogP contribution in [0.1, 0.15) is 16.1 Å². The molecule has 2 heterocycles. The molecule has 0 fully saturated rings. The van der Waals surface area contributed by atoms with E-state index >= 15 is 0 Å². The van der Waals surface area contributed by atoms with Gasteiger partial charge in [0.15, 0.2) is 11.5 Å². The summed E-state index contributed by atoms with van der Waals surface area (Å²) in [5, 5.41) is 6.22. The molecule has 26 heavy (non-hydrogen) atoms. The Morgan fingerprint density at radius 3 is 2.73 bits per heavy atom. The van der Waals surface area contributed by atoms with Gasteiger partial charge in [-0.25, -0.2) is 9.37 Å². The number of amides is 1. The summed E-state index contributed by atoms with van der Waals surface area (Å²) in [5.74, 6) is -0.0109. The lowest BCUT2D eigenvalue weighted by molar-refractivity contribution is 0.0929. The quantitative estimate of drug-likeness (QED) is 0.728. The van der Waals surface area contributed by atoms with Gasteiger partial charge in [0.2, 0.25) is 0 Å². The van der Waals surface area contributed by atoms with Gasteiger partial charge in [-0.1, -0.05) is 35.4 Å². The minimum absolute atomic E-state index is 0.196. The Balaban J connectivity index is 1.86. The van der Waals surface area contributed by atoms with E-state index in [1.165, 1.54) is 6.07 Å². The average Bonchev–Trinajstić information content (AvgIpc) is 2.96. The number of carbonyl (C=O) groups is 1. The highest BCUT2D eigenvalue weighted by molar-refractivity contribution is 6.33. The van der Waals surface area contributed by atoms with Gasteiger partial charge in [-0.3, -0.25) is 4.79 Å². The Kier molecular flexibility index (Phi) is 4.12. The molecule has 132 valence electrons. The van der Waals surface area contributed by atoms with Crippen LogP contribution in [-0.4, -0.2) is 22.0 Å². The summed E-state index contributed by atoms with van der Waals surface area (Å²) in [6.45, 7) is 2.93. The van der Waals surface area contributed by atoms with E-state index in [2.05, 4.69) is 15.6 Å². The van der Waals surface area contributed by atoms with Crippen LogP contribution in [0.4, 0.5) is 15.9 Å². The minimum Gasteiger partial charge on any atom is -0.349 e. The first-order valence-electron chi connectivity index (χ1n) is 8.21. The standard InChI is InChI=1S/C19H16ClFN4O/c1-11-5-7-12(8-6-11)23-17-16-19(26)22-9-10-25(16)18(24-17)15-13(20)3-2-4-14(15)21/h2-8,23H,9-10H2,1H3,(H,22,26). The number of nitrogens with zero attached hydrogens (tertiary/aromatic N) is 2. The minimum atomic E-state index is -0.474. The lowest BCUT2D eigenvalue weighted by atomic mass is 10.2. The van der Waals surface area contributed by atoms with Crippen molar-refractivity contribution >= 4 is 29.0 Å². The molecule has 1 amide bonds. The van der Waals surface area contributed by atoms with Crippen molar-refractivity contribution in [1.29, 1.82) is 0 Å². The number of hydrogen-bond donors (Lipinski definition) is 2. The summed E-state index contributed by atoms with van der Waals surface area (Å²) in [6.07, 6.45) is 0. The van der Waals surface area contributed by atoms with E-state index in [9.17, 15) is 9.18 Å². The number of benzene rings is 2. The van der Waals surface area contributed by atoms with Crippen LogP contribution in [-0.2, 0) is 6.54 Å². The number of hydrogen-bond acceptors (Lipinski definition) is 3. The van der Waals surface area contributed by atoms with Crippen LogP contribution < -0.4 is 10.6 Å². The van der Waals surface area contributed by atoms with Gasteiger partial charge in [0.25, 0.3) is 5.91 Å². The zero-order valence-electron chi connectivity index (χ0n) is 14.0. The Morgan fingerprint density at radius 2 is 2.00 bits per heavy atom. The maximum atomic E-state index is 14.4. The zero-order valence-corrected chi connectivity index (χ0v) is 14.8. The van der Waals surface area contributed by atoms with Gasteiger partial charge in [0.05, 0.1) is 10.6 Å². The van der Waals surface area contributed by atoms with Crippen molar-refractivity contribution in [3.8, 4) is 11.4 Å².